The predicted molar refractivity (Wildman–Crippen MR) is 52.5 cm³/mol. The van der Waals surface area contributed by atoms with Gasteiger partial charge in [-0.05, 0) is 30.1 Å². The van der Waals surface area contributed by atoms with Gasteiger partial charge in [0.25, 0.3) is 0 Å². The van der Waals surface area contributed by atoms with E-state index < -0.39 is 5.97 Å². The molecule has 1 aliphatic carbocycles. The van der Waals surface area contributed by atoms with Gasteiger partial charge >= 0.3 is 5.97 Å². The molecular weight excluding hydrogens is 164 g/mol. The zero-order chi connectivity index (χ0) is 10.2. The molecule has 0 aromatic heterocycles. The zero-order valence-corrected chi connectivity index (χ0v) is 9.00. The van der Waals surface area contributed by atoms with Gasteiger partial charge in [0.1, 0.15) is 0 Å². The average Bonchev–Trinajstić information content (AvgIpc) is 2.66. The third-order valence-corrected chi connectivity index (χ3v) is 3.53. The van der Waals surface area contributed by atoms with Gasteiger partial charge in [0.2, 0.25) is 0 Å². The Bertz CT molecular complexity index is 202. The number of carbonyl (C=O) groups is 1. The molecular formula is C11H20O2. The van der Waals surface area contributed by atoms with Crippen LogP contribution in [-0.4, -0.2) is 11.1 Å². The van der Waals surface area contributed by atoms with Crippen molar-refractivity contribution in [3.8, 4) is 0 Å². The smallest absolute Gasteiger partial charge is 0.307 e. The maximum Gasteiger partial charge on any atom is 0.307 e. The van der Waals surface area contributed by atoms with Crippen LogP contribution in [0.2, 0.25) is 0 Å². The fraction of sp³-hybridized carbons (Fsp3) is 0.909. The van der Waals surface area contributed by atoms with E-state index in [-0.39, 0.29) is 17.3 Å². The lowest BCUT2D eigenvalue weighted by molar-refractivity contribution is -0.147. The van der Waals surface area contributed by atoms with Crippen molar-refractivity contribution in [2.75, 3.05) is 0 Å². The van der Waals surface area contributed by atoms with Crippen LogP contribution in [0.25, 0.3) is 0 Å². The summed E-state index contributed by atoms with van der Waals surface area (Å²) in [5.74, 6) is -0.00731. The second-order valence-corrected chi connectivity index (χ2v) is 4.95. The fourth-order valence-corrected chi connectivity index (χ4v) is 2.59. The van der Waals surface area contributed by atoms with Gasteiger partial charge in [-0.15, -0.1) is 0 Å². The van der Waals surface area contributed by atoms with Crippen molar-refractivity contribution in [1.82, 2.24) is 0 Å². The molecule has 1 saturated carbocycles. The summed E-state index contributed by atoms with van der Waals surface area (Å²) >= 11 is 0. The van der Waals surface area contributed by atoms with E-state index in [0.717, 1.165) is 12.8 Å². The van der Waals surface area contributed by atoms with E-state index >= 15 is 0 Å². The molecule has 0 heterocycles. The molecule has 13 heavy (non-hydrogen) atoms. The van der Waals surface area contributed by atoms with E-state index in [1.54, 1.807) is 0 Å². The Hall–Kier alpha value is -0.530. The van der Waals surface area contributed by atoms with Gasteiger partial charge in [0.15, 0.2) is 0 Å². The number of rotatable bonds is 4. The largest absolute Gasteiger partial charge is 0.481 e. The predicted octanol–water partition coefficient (Wildman–Crippen LogP) is 2.78. The molecule has 0 radical (unpaired) electrons. The molecule has 2 heteroatoms. The minimum Gasteiger partial charge on any atom is -0.481 e. The normalized spacial score (nSPS) is 22.0. The van der Waals surface area contributed by atoms with E-state index in [2.05, 4.69) is 13.8 Å². The maximum atomic E-state index is 11.1. The highest BCUT2D eigenvalue weighted by atomic mass is 16.4. The van der Waals surface area contributed by atoms with Crippen molar-refractivity contribution >= 4 is 5.97 Å². The average molecular weight is 184 g/mol. The van der Waals surface area contributed by atoms with Crippen molar-refractivity contribution < 1.29 is 9.90 Å². The van der Waals surface area contributed by atoms with E-state index in [0.29, 0.717) is 5.92 Å². The summed E-state index contributed by atoms with van der Waals surface area (Å²) in [6.45, 7) is 8.32. The van der Waals surface area contributed by atoms with Gasteiger partial charge in [0.05, 0.1) is 5.92 Å². The Morgan fingerprint density at radius 2 is 1.69 bits per heavy atom. The minimum absolute atomic E-state index is 0.111. The molecule has 1 aliphatic rings. The number of aliphatic carboxylic acids is 1. The molecule has 0 saturated heterocycles. The summed E-state index contributed by atoms with van der Waals surface area (Å²) < 4.78 is 0. The molecule has 0 aliphatic heterocycles. The Labute approximate surface area is 80.3 Å². The first kappa shape index (κ1) is 10.6. The van der Waals surface area contributed by atoms with Crippen LogP contribution in [0, 0.1) is 23.2 Å². The third-order valence-electron chi connectivity index (χ3n) is 3.53. The van der Waals surface area contributed by atoms with E-state index in [4.69, 9.17) is 5.11 Å². The molecule has 1 N–H and O–H groups in total. The van der Waals surface area contributed by atoms with E-state index in [1.807, 2.05) is 13.8 Å². The fourth-order valence-electron chi connectivity index (χ4n) is 2.59. The van der Waals surface area contributed by atoms with Crippen molar-refractivity contribution in [2.24, 2.45) is 23.2 Å². The standard InChI is InChI=1S/C11H20O2/c1-7(2)9(10(12)13)11(5-6-11)8(3)4/h7-9H,5-6H2,1-4H3,(H,12,13). The third kappa shape index (κ3) is 1.72. The van der Waals surface area contributed by atoms with Gasteiger partial charge < -0.3 is 5.11 Å². The van der Waals surface area contributed by atoms with Gasteiger partial charge in [-0.3, -0.25) is 4.79 Å². The Morgan fingerprint density at radius 3 is 1.77 bits per heavy atom. The first-order valence-electron chi connectivity index (χ1n) is 5.14. The van der Waals surface area contributed by atoms with Crippen LogP contribution in [0.15, 0.2) is 0 Å². The highest BCUT2D eigenvalue weighted by Gasteiger charge is 2.55. The highest BCUT2D eigenvalue weighted by Crippen LogP contribution is 2.59. The molecule has 0 bridgehead atoms. The van der Waals surface area contributed by atoms with Crippen LogP contribution in [0.5, 0.6) is 0 Å². The zero-order valence-electron chi connectivity index (χ0n) is 9.00. The second-order valence-electron chi connectivity index (χ2n) is 4.95. The quantitative estimate of drug-likeness (QED) is 0.729. The molecule has 2 nitrogen and oxygen atoms in total. The summed E-state index contributed by atoms with van der Waals surface area (Å²) in [7, 11) is 0. The lowest BCUT2D eigenvalue weighted by Crippen LogP contribution is -2.33. The molecule has 1 unspecified atom stereocenters. The lowest BCUT2D eigenvalue weighted by Gasteiger charge is -2.29. The number of hydrogen-bond donors (Lipinski definition) is 1. The van der Waals surface area contributed by atoms with Crippen LogP contribution in [-0.2, 0) is 4.79 Å². The van der Waals surface area contributed by atoms with Crippen LogP contribution in [0.1, 0.15) is 40.5 Å². The molecule has 0 aromatic carbocycles. The number of carboxylic acid groups (broad SMARTS) is 1. The first-order valence-corrected chi connectivity index (χ1v) is 5.14. The number of hydrogen-bond acceptors (Lipinski definition) is 1. The first-order chi connectivity index (χ1) is 5.92. The van der Waals surface area contributed by atoms with Crippen molar-refractivity contribution in [2.45, 2.75) is 40.5 Å². The van der Waals surface area contributed by atoms with Gasteiger partial charge in [0, 0.05) is 0 Å². The Morgan fingerprint density at radius 1 is 1.23 bits per heavy atom. The topological polar surface area (TPSA) is 37.3 Å². The van der Waals surface area contributed by atoms with Crippen LogP contribution < -0.4 is 0 Å². The van der Waals surface area contributed by atoms with Crippen molar-refractivity contribution in [3.63, 3.8) is 0 Å². The summed E-state index contributed by atoms with van der Waals surface area (Å²) in [5, 5.41) is 9.17. The summed E-state index contributed by atoms with van der Waals surface area (Å²) in [6, 6.07) is 0. The van der Waals surface area contributed by atoms with Crippen molar-refractivity contribution in [1.29, 1.82) is 0 Å². The Balaban J connectivity index is 2.82. The molecule has 76 valence electrons. The van der Waals surface area contributed by atoms with E-state index in [9.17, 15) is 4.79 Å². The highest BCUT2D eigenvalue weighted by molar-refractivity contribution is 5.72. The molecule has 0 aromatic rings. The van der Waals surface area contributed by atoms with Crippen LogP contribution >= 0.6 is 0 Å². The van der Waals surface area contributed by atoms with Gasteiger partial charge in [-0.1, -0.05) is 27.7 Å². The molecule has 0 amide bonds. The molecule has 0 spiro atoms. The van der Waals surface area contributed by atoms with Crippen molar-refractivity contribution in [3.05, 3.63) is 0 Å². The van der Waals surface area contributed by atoms with Crippen LogP contribution in [0.3, 0.4) is 0 Å². The van der Waals surface area contributed by atoms with Crippen LogP contribution in [0.4, 0.5) is 0 Å². The number of carboxylic acids is 1. The maximum absolute atomic E-state index is 11.1. The lowest BCUT2D eigenvalue weighted by atomic mass is 9.74. The Kier molecular flexibility index (Phi) is 2.69. The van der Waals surface area contributed by atoms with E-state index in [1.165, 1.54) is 0 Å². The molecule has 1 rings (SSSR count). The summed E-state index contributed by atoms with van der Waals surface area (Å²) in [4.78, 5) is 11.1. The minimum atomic E-state index is -0.610. The van der Waals surface area contributed by atoms with Gasteiger partial charge in [-0.2, -0.15) is 0 Å². The molecule has 1 fully saturated rings. The monoisotopic (exact) mass is 184 g/mol. The van der Waals surface area contributed by atoms with Gasteiger partial charge in [-0.25, -0.2) is 0 Å². The summed E-state index contributed by atoms with van der Waals surface area (Å²) in [5.41, 5.74) is 0.111. The summed E-state index contributed by atoms with van der Waals surface area (Å²) in [6.07, 6.45) is 2.19. The second kappa shape index (κ2) is 3.32. The molecule has 1 atom stereocenters. The SMILES string of the molecule is CC(C)C(C(=O)O)C1(C(C)C)CC1.